The Labute approximate surface area is 338 Å². The van der Waals surface area contributed by atoms with Gasteiger partial charge in [-0.2, -0.15) is 0 Å². The number of nitrogens with zero attached hydrogens (tertiary/aromatic N) is 2. The Morgan fingerprint density at radius 3 is 2.12 bits per heavy atom. The van der Waals surface area contributed by atoms with Crippen LogP contribution in [0.25, 0.3) is 12.2 Å². The molecule has 1 saturated carbocycles. The number of aliphatic hydroxyl groups is 1. The van der Waals surface area contributed by atoms with E-state index in [1.54, 1.807) is 68.8 Å². The van der Waals surface area contributed by atoms with Crippen LogP contribution >= 0.6 is 23.2 Å². The monoisotopic (exact) mass is 810 g/mol. The number of rotatable bonds is 10. The van der Waals surface area contributed by atoms with Gasteiger partial charge in [0.2, 0.25) is 11.8 Å². The molecule has 2 heterocycles. The third-order valence-electron chi connectivity index (χ3n) is 11.5. The third-order valence-corrected chi connectivity index (χ3v) is 12.9. The van der Waals surface area contributed by atoms with Gasteiger partial charge in [-0.3, -0.25) is 24.1 Å². The molecular weight excluding hydrogens is 774 g/mol. The minimum absolute atomic E-state index is 0.0630. The molecule has 3 fully saturated rings. The number of amides is 4. The maximum atomic E-state index is 14.6. The summed E-state index contributed by atoms with van der Waals surface area (Å²) in [5.41, 5.74) is 3.27. The lowest BCUT2D eigenvalue weighted by atomic mass is 9.56. The molecule has 10 nitrogen and oxygen atoms in total. The number of carbonyl (C=O) groups is 4. The number of allylic oxidation sites excluding steroid dienone is 2. The average molecular weight is 812 g/mol. The van der Waals surface area contributed by atoms with E-state index in [0.717, 1.165) is 28.2 Å². The molecule has 8 rings (SSSR count). The summed E-state index contributed by atoms with van der Waals surface area (Å²) in [5, 5.41) is 9.25. The van der Waals surface area contributed by atoms with Crippen molar-refractivity contribution in [3.05, 3.63) is 125 Å². The number of hydrogen-bond acceptors (Lipinski definition) is 8. The Hall–Kier alpha value is -5.49. The number of halogens is 3. The summed E-state index contributed by atoms with van der Waals surface area (Å²) >= 11 is 14.9. The number of carbonyl (C=O) groups excluding carboxylic acids is 4. The normalized spacial score (nSPS) is 26.7. The van der Waals surface area contributed by atoms with E-state index >= 15 is 0 Å². The van der Waals surface area contributed by atoms with Crippen molar-refractivity contribution in [2.75, 3.05) is 37.2 Å². The molecule has 6 atom stereocenters. The molecule has 6 unspecified atom stereocenters. The highest BCUT2D eigenvalue weighted by atomic mass is 35.5. The van der Waals surface area contributed by atoms with Crippen LogP contribution in [-0.2, 0) is 19.2 Å². The number of fused-ring (bicyclic) bond motifs is 4. The molecule has 4 aromatic carbocycles. The van der Waals surface area contributed by atoms with Crippen molar-refractivity contribution in [1.82, 2.24) is 0 Å². The minimum atomic E-state index is -2.06. The van der Waals surface area contributed by atoms with Crippen LogP contribution in [0.1, 0.15) is 35.4 Å². The Kier molecular flexibility index (Phi) is 9.96. The highest BCUT2D eigenvalue weighted by molar-refractivity contribution is 6.58. The highest BCUT2D eigenvalue weighted by Gasteiger charge is 2.76. The van der Waals surface area contributed by atoms with Gasteiger partial charge in [0.05, 0.1) is 44.0 Å². The number of methoxy groups -OCH3 is 2. The van der Waals surface area contributed by atoms with Crippen molar-refractivity contribution in [2.45, 2.75) is 28.5 Å². The molecule has 2 aliphatic heterocycles. The van der Waals surface area contributed by atoms with Gasteiger partial charge < -0.3 is 19.3 Å². The van der Waals surface area contributed by atoms with Crippen molar-refractivity contribution in [3.8, 4) is 17.2 Å². The van der Waals surface area contributed by atoms with Crippen LogP contribution < -0.4 is 24.0 Å². The minimum Gasteiger partial charge on any atom is -0.497 e. The Morgan fingerprint density at radius 2 is 1.46 bits per heavy atom. The van der Waals surface area contributed by atoms with Crippen LogP contribution in [-0.4, -0.2) is 65.9 Å². The van der Waals surface area contributed by atoms with Gasteiger partial charge in [-0.25, -0.2) is 9.29 Å². The number of ether oxygens (including phenoxy) is 3. The molecule has 2 aliphatic carbocycles. The van der Waals surface area contributed by atoms with Crippen LogP contribution in [0, 0.1) is 23.6 Å². The van der Waals surface area contributed by atoms with Crippen molar-refractivity contribution < 1.29 is 42.9 Å². The molecule has 0 aromatic heterocycles. The second-order valence-electron chi connectivity index (χ2n) is 14.4. The highest BCUT2D eigenvalue weighted by Crippen LogP contribution is 2.66. The fourth-order valence-electron chi connectivity index (χ4n) is 8.84. The standard InChI is InChI=1S/C44H37Cl2FN2O8/c1-55-32-17-20-36(56-2)27(23-32)6-3-25-4-11-29(12-5-25)48-39(51)34-19-18-33-35(37(34)40(48)52)24-43(45)41(53)49(30-13-9-28(47)10-14-30)42(54)44(43,46)38(33)26-7-15-31(16-8-26)57-22-21-50/h3-18,20,23,34-35,37-38,50H,19,21-22,24H2,1-2H3. The molecule has 0 radical (unpaired) electrons. The van der Waals surface area contributed by atoms with Crippen LogP contribution in [0.15, 0.2) is 103 Å². The van der Waals surface area contributed by atoms with Crippen LogP contribution in [0.3, 0.4) is 0 Å². The van der Waals surface area contributed by atoms with Gasteiger partial charge in [0.15, 0.2) is 9.75 Å². The predicted molar refractivity (Wildman–Crippen MR) is 213 cm³/mol. The van der Waals surface area contributed by atoms with Gasteiger partial charge in [-0.1, -0.05) is 48.1 Å². The summed E-state index contributed by atoms with van der Waals surface area (Å²) in [5.74, 6) is -4.55. The van der Waals surface area contributed by atoms with E-state index in [1.165, 1.54) is 17.0 Å². The lowest BCUT2D eigenvalue weighted by Gasteiger charge is -2.50. The topological polar surface area (TPSA) is 123 Å². The van der Waals surface area contributed by atoms with Crippen molar-refractivity contribution in [2.24, 2.45) is 17.8 Å². The van der Waals surface area contributed by atoms with E-state index < -0.39 is 57.0 Å². The molecule has 13 heteroatoms. The number of aliphatic hydroxyl groups excluding tert-OH is 1. The first kappa shape index (κ1) is 38.4. The first-order valence-corrected chi connectivity index (χ1v) is 19.1. The van der Waals surface area contributed by atoms with Gasteiger partial charge in [0.25, 0.3) is 11.8 Å². The summed E-state index contributed by atoms with van der Waals surface area (Å²) in [6.45, 7) is -0.130. The summed E-state index contributed by atoms with van der Waals surface area (Å²) < 4.78 is 30.4. The van der Waals surface area contributed by atoms with E-state index in [0.29, 0.717) is 34.1 Å². The second kappa shape index (κ2) is 14.8. The molecule has 4 amide bonds. The van der Waals surface area contributed by atoms with Gasteiger partial charge in [0, 0.05) is 11.5 Å². The van der Waals surface area contributed by atoms with Gasteiger partial charge in [-0.05, 0) is 96.6 Å². The van der Waals surface area contributed by atoms with Gasteiger partial charge in [-0.15, -0.1) is 23.2 Å². The predicted octanol–water partition coefficient (Wildman–Crippen LogP) is 7.15. The molecule has 1 N–H and O–H groups in total. The zero-order valence-electron chi connectivity index (χ0n) is 30.9. The maximum absolute atomic E-state index is 14.6. The number of benzene rings is 4. The molecule has 4 aliphatic rings. The van der Waals surface area contributed by atoms with Gasteiger partial charge >= 0.3 is 0 Å². The summed E-state index contributed by atoms with van der Waals surface area (Å²) in [6.07, 6.45) is 5.62. The van der Waals surface area contributed by atoms with Crippen LogP contribution in [0.2, 0.25) is 0 Å². The molecule has 2 saturated heterocycles. The third kappa shape index (κ3) is 6.11. The first-order valence-electron chi connectivity index (χ1n) is 18.4. The Morgan fingerprint density at radius 1 is 0.789 bits per heavy atom. The molecular formula is C44H37Cl2FN2O8. The van der Waals surface area contributed by atoms with Crippen molar-refractivity contribution >= 4 is 70.4 Å². The number of imide groups is 2. The van der Waals surface area contributed by atoms with Crippen molar-refractivity contribution in [3.63, 3.8) is 0 Å². The van der Waals surface area contributed by atoms with E-state index in [-0.39, 0.29) is 37.6 Å². The zero-order valence-corrected chi connectivity index (χ0v) is 32.4. The summed E-state index contributed by atoms with van der Waals surface area (Å²) in [4.78, 5) is 55.8. The lowest BCUT2D eigenvalue weighted by molar-refractivity contribution is -0.125. The zero-order chi connectivity index (χ0) is 40.2. The molecule has 292 valence electrons. The fourth-order valence-corrected chi connectivity index (χ4v) is 9.77. The van der Waals surface area contributed by atoms with E-state index in [9.17, 15) is 28.7 Å². The smallest absolute Gasteiger partial charge is 0.258 e. The SMILES string of the molecule is COc1ccc(OC)c(C=Cc2ccc(N3C(=O)C4CC=C5C(CC6(Cl)C(=O)N(c7ccc(F)cc7)C(=O)C6(Cl)C5c5ccc(OCCO)cc5)C4C3=O)cc2)c1. The summed E-state index contributed by atoms with van der Waals surface area (Å²) in [7, 11) is 3.17. The maximum Gasteiger partial charge on any atom is 0.258 e. The average Bonchev–Trinajstić information content (AvgIpc) is 3.57. The van der Waals surface area contributed by atoms with E-state index in [2.05, 4.69) is 0 Å². The second-order valence-corrected chi connectivity index (χ2v) is 15.7. The van der Waals surface area contributed by atoms with Crippen LogP contribution in [0.4, 0.5) is 15.8 Å². The lowest BCUT2D eigenvalue weighted by Crippen LogP contribution is -2.60. The van der Waals surface area contributed by atoms with E-state index in [4.69, 9.17) is 37.4 Å². The largest absolute Gasteiger partial charge is 0.497 e. The first-order chi connectivity index (χ1) is 27.4. The quantitative estimate of drug-likeness (QED) is 0.0776. The molecule has 0 spiro atoms. The Bertz CT molecular complexity index is 2330. The van der Waals surface area contributed by atoms with Gasteiger partial charge in [0.1, 0.15) is 29.7 Å². The van der Waals surface area contributed by atoms with Crippen molar-refractivity contribution in [1.29, 1.82) is 0 Å². The summed E-state index contributed by atoms with van der Waals surface area (Å²) in [6, 6.07) is 24.1. The fraction of sp³-hybridized carbons (Fsp3) is 0.273. The van der Waals surface area contributed by atoms with Crippen LogP contribution in [0.5, 0.6) is 17.2 Å². The Balaban J connectivity index is 1.14. The van der Waals surface area contributed by atoms with E-state index in [1.807, 2.05) is 30.4 Å². The molecule has 0 bridgehead atoms. The molecule has 4 aromatic rings. The number of hydrogen-bond donors (Lipinski definition) is 1. The molecule has 57 heavy (non-hydrogen) atoms. The number of anilines is 2. The number of alkyl halides is 2.